The Labute approximate surface area is 118 Å². The van der Waals surface area contributed by atoms with Gasteiger partial charge in [0.2, 0.25) is 11.8 Å². The molecular formula is C15H19NO4. The first-order valence-electron chi connectivity index (χ1n) is 6.59. The van der Waals surface area contributed by atoms with Gasteiger partial charge in [0.1, 0.15) is 0 Å². The number of rotatable bonds is 5. The van der Waals surface area contributed by atoms with E-state index in [0.29, 0.717) is 17.9 Å². The third kappa shape index (κ3) is 2.92. The second-order valence-electron chi connectivity index (χ2n) is 5.09. The maximum atomic E-state index is 11.7. The van der Waals surface area contributed by atoms with E-state index < -0.39 is 0 Å². The van der Waals surface area contributed by atoms with Crippen molar-refractivity contribution in [2.45, 2.75) is 19.8 Å². The first-order valence-corrected chi connectivity index (χ1v) is 6.59. The fourth-order valence-electron chi connectivity index (χ4n) is 2.55. The fraction of sp³-hybridized carbons (Fsp3) is 0.467. The minimum Gasteiger partial charge on any atom is -0.493 e. The molecule has 1 fully saturated rings. The van der Waals surface area contributed by atoms with Gasteiger partial charge in [-0.1, -0.05) is 13.0 Å². The van der Waals surface area contributed by atoms with Crippen molar-refractivity contribution < 1.29 is 19.1 Å². The van der Waals surface area contributed by atoms with Gasteiger partial charge in [-0.2, -0.15) is 0 Å². The molecule has 5 heteroatoms. The molecule has 1 aromatic rings. The normalized spacial score (nSPS) is 19.6. The number of benzene rings is 1. The Bertz CT molecular complexity index is 527. The summed E-state index contributed by atoms with van der Waals surface area (Å²) in [6.45, 7) is 1.99. The van der Waals surface area contributed by atoms with Gasteiger partial charge in [-0.25, -0.2) is 0 Å². The third-order valence-corrected chi connectivity index (χ3v) is 3.70. The maximum absolute atomic E-state index is 11.7. The van der Waals surface area contributed by atoms with E-state index in [9.17, 15) is 9.59 Å². The van der Waals surface area contributed by atoms with Crippen LogP contribution in [0.4, 0.5) is 0 Å². The van der Waals surface area contributed by atoms with Gasteiger partial charge in [-0.15, -0.1) is 0 Å². The summed E-state index contributed by atoms with van der Waals surface area (Å²) in [5.41, 5.74) is 1.06. The summed E-state index contributed by atoms with van der Waals surface area (Å²) in [5.74, 6) is 0.860. The van der Waals surface area contributed by atoms with Crippen LogP contribution in [0.1, 0.15) is 18.9 Å². The van der Waals surface area contributed by atoms with Crippen LogP contribution in [0.5, 0.6) is 11.5 Å². The molecule has 5 nitrogen and oxygen atoms in total. The van der Waals surface area contributed by atoms with Gasteiger partial charge in [-0.3, -0.25) is 14.9 Å². The summed E-state index contributed by atoms with van der Waals surface area (Å²) in [6.07, 6.45) is 0.999. The molecule has 2 amide bonds. The summed E-state index contributed by atoms with van der Waals surface area (Å²) in [6, 6.07) is 5.71. The van der Waals surface area contributed by atoms with Crippen molar-refractivity contribution >= 4 is 11.8 Å². The molecule has 1 aliphatic rings. The van der Waals surface area contributed by atoms with E-state index in [1.54, 1.807) is 14.2 Å². The van der Waals surface area contributed by atoms with Crippen LogP contribution in [0, 0.1) is 11.8 Å². The summed E-state index contributed by atoms with van der Waals surface area (Å²) < 4.78 is 10.5. The number of hydrogen-bond acceptors (Lipinski definition) is 4. The molecule has 1 aromatic carbocycles. The Morgan fingerprint density at radius 3 is 2.50 bits per heavy atom. The second-order valence-corrected chi connectivity index (χ2v) is 5.09. The monoisotopic (exact) mass is 277 g/mol. The molecule has 0 radical (unpaired) electrons. The molecule has 108 valence electrons. The minimum atomic E-state index is -0.240. The smallest absolute Gasteiger partial charge is 0.230 e. The number of amides is 2. The van der Waals surface area contributed by atoms with Gasteiger partial charge in [0.05, 0.1) is 14.2 Å². The molecule has 1 aliphatic heterocycles. The van der Waals surface area contributed by atoms with Crippen molar-refractivity contribution in [1.29, 1.82) is 0 Å². The van der Waals surface area contributed by atoms with Crippen LogP contribution in [0.15, 0.2) is 18.2 Å². The molecular weight excluding hydrogens is 258 g/mol. The van der Waals surface area contributed by atoms with Crippen molar-refractivity contribution in [3.05, 3.63) is 23.8 Å². The van der Waals surface area contributed by atoms with Crippen molar-refractivity contribution in [2.75, 3.05) is 14.2 Å². The second kappa shape index (κ2) is 5.94. The van der Waals surface area contributed by atoms with E-state index in [2.05, 4.69) is 5.32 Å². The Kier molecular flexibility index (Phi) is 4.27. The highest BCUT2D eigenvalue weighted by molar-refractivity contribution is 6.03. The van der Waals surface area contributed by atoms with Crippen LogP contribution in [0.3, 0.4) is 0 Å². The first kappa shape index (κ1) is 14.4. The van der Waals surface area contributed by atoms with Gasteiger partial charge >= 0.3 is 0 Å². The molecule has 1 saturated heterocycles. The summed E-state index contributed by atoms with van der Waals surface area (Å²) >= 11 is 0. The average Bonchev–Trinajstić information content (AvgIpc) is 2.77. The average molecular weight is 277 g/mol. The van der Waals surface area contributed by atoms with Crippen molar-refractivity contribution in [3.8, 4) is 11.5 Å². The zero-order chi connectivity index (χ0) is 14.7. The van der Waals surface area contributed by atoms with Gasteiger partial charge in [0.25, 0.3) is 0 Å². The molecule has 1 N–H and O–H groups in total. The van der Waals surface area contributed by atoms with Crippen LogP contribution in [-0.4, -0.2) is 26.0 Å². The van der Waals surface area contributed by atoms with Crippen molar-refractivity contribution in [3.63, 3.8) is 0 Å². The van der Waals surface area contributed by atoms with Gasteiger partial charge < -0.3 is 9.47 Å². The highest BCUT2D eigenvalue weighted by Gasteiger charge is 2.34. The number of carbonyl (C=O) groups is 2. The predicted octanol–water partition coefficient (Wildman–Crippen LogP) is 1.55. The first-order chi connectivity index (χ1) is 9.55. The molecule has 2 rings (SSSR count). The highest BCUT2D eigenvalue weighted by Crippen LogP contribution is 2.30. The van der Waals surface area contributed by atoms with Crippen LogP contribution >= 0.6 is 0 Å². The Morgan fingerprint density at radius 1 is 1.25 bits per heavy atom. The quantitative estimate of drug-likeness (QED) is 0.829. The Morgan fingerprint density at radius 2 is 1.95 bits per heavy atom. The van der Waals surface area contributed by atoms with Gasteiger partial charge in [0, 0.05) is 12.3 Å². The standard InChI is InChI=1S/C15H19NO4/c1-9(11-8-14(17)16-15(11)18)6-10-4-5-12(19-2)13(7-10)20-3/h4-5,7,9,11H,6,8H2,1-3H3,(H,16,17,18). The van der Waals surface area contributed by atoms with Crippen molar-refractivity contribution in [2.24, 2.45) is 11.8 Å². The summed E-state index contributed by atoms with van der Waals surface area (Å²) in [5, 5.41) is 2.35. The van der Waals surface area contributed by atoms with E-state index in [4.69, 9.17) is 9.47 Å². The SMILES string of the molecule is COc1ccc(CC(C)C2CC(=O)NC2=O)cc1OC. The molecule has 0 saturated carbocycles. The van der Waals surface area contributed by atoms with Crippen molar-refractivity contribution in [1.82, 2.24) is 5.32 Å². The number of ether oxygens (including phenoxy) is 2. The van der Waals surface area contributed by atoms with E-state index >= 15 is 0 Å². The fourth-order valence-corrected chi connectivity index (χ4v) is 2.55. The lowest BCUT2D eigenvalue weighted by Crippen LogP contribution is -2.25. The zero-order valence-corrected chi connectivity index (χ0v) is 11.9. The van der Waals surface area contributed by atoms with Crippen LogP contribution in [-0.2, 0) is 16.0 Å². The molecule has 20 heavy (non-hydrogen) atoms. The predicted molar refractivity (Wildman–Crippen MR) is 73.7 cm³/mol. The summed E-state index contributed by atoms with van der Waals surface area (Å²) in [7, 11) is 3.18. The Hall–Kier alpha value is -2.04. The molecule has 0 spiro atoms. The number of hydrogen-bond donors (Lipinski definition) is 1. The number of methoxy groups -OCH3 is 2. The third-order valence-electron chi connectivity index (χ3n) is 3.70. The topological polar surface area (TPSA) is 64.6 Å². The number of imide groups is 1. The maximum Gasteiger partial charge on any atom is 0.230 e. The van der Waals surface area contributed by atoms with E-state index in [0.717, 1.165) is 5.56 Å². The van der Waals surface area contributed by atoms with Crippen LogP contribution in [0.2, 0.25) is 0 Å². The van der Waals surface area contributed by atoms with E-state index in [1.807, 2.05) is 25.1 Å². The lowest BCUT2D eigenvalue weighted by Gasteiger charge is -2.17. The Balaban J connectivity index is 2.09. The highest BCUT2D eigenvalue weighted by atomic mass is 16.5. The van der Waals surface area contributed by atoms with E-state index in [-0.39, 0.29) is 30.1 Å². The van der Waals surface area contributed by atoms with E-state index in [1.165, 1.54) is 0 Å². The lowest BCUT2D eigenvalue weighted by molar-refractivity contribution is -0.126. The molecule has 1 heterocycles. The van der Waals surface area contributed by atoms with Crippen LogP contribution < -0.4 is 14.8 Å². The number of carbonyl (C=O) groups excluding carboxylic acids is 2. The zero-order valence-electron chi connectivity index (χ0n) is 11.9. The van der Waals surface area contributed by atoms with Gasteiger partial charge in [0.15, 0.2) is 11.5 Å². The largest absolute Gasteiger partial charge is 0.493 e. The molecule has 2 atom stereocenters. The van der Waals surface area contributed by atoms with Crippen LogP contribution in [0.25, 0.3) is 0 Å². The van der Waals surface area contributed by atoms with Gasteiger partial charge in [-0.05, 0) is 30.0 Å². The molecule has 2 unspecified atom stereocenters. The molecule has 0 aromatic heterocycles. The minimum absolute atomic E-state index is 0.0968. The molecule has 0 aliphatic carbocycles. The summed E-state index contributed by atoms with van der Waals surface area (Å²) in [4.78, 5) is 22.9. The molecule has 0 bridgehead atoms. The number of nitrogens with one attached hydrogen (secondary N) is 1. The lowest BCUT2D eigenvalue weighted by atomic mass is 9.87.